The molecule has 0 aromatic carbocycles. The van der Waals surface area contributed by atoms with Crippen LogP contribution in [0, 0.1) is 5.41 Å². The number of hydrogen-bond donors (Lipinski definition) is 1. The van der Waals surface area contributed by atoms with Crippen LogP contribution in [0.5, 0.6) is 0 Å². The molecule has 0 amide bonds. The third-order valence-electron chi connectivity index (χ3n) is 0.685. The highest BCUT2D eigenvalue weighted by molar-refractivity contribution is 7.11. The molecular weight excluding hydrogens is 106 g/mol. The Morgan fingerprint density at radius 1 is 1.71 bits per heavy atom. The van der Waals surface area contributed by atoms with E-state index in [-0.39, 0.29) is 0 Å². The Morgan fingerprint density at radius 3 is 2.86 bits per heavy atom. The molecule has 1 aromatic rings. The van der Waals surface area contributed by atoms with Crippen LogP contribution in [0.2, 0.25) is 0 Å². The molecular formula is C5H5NS. The van der Waals surface area contributed by atoms with Gasteiger partial charge in [0, 0.05) is 11.1 Å². The van der Waals surface area contributed by atoms with Gasteiger partial charge in [-0.25, -0.2) is 0 Å². The van der Waals surface area contributed by atoms with Crippen molar-refractivity contribution in [3.63, 3.8) is 0 Å². The van der Waals surface area contributed by atoms with Gasteiger partial charge in [0.25, 0.3) is 0 Å². The molecule has 0 atom stereocenters. The fourth-order valence-corrected chi connectivity index (χ4v) is 0.913. The number of rotatable bonds is 1. The number of hydrogen-bond acceptors (Lipinski definition) is 2. The molecule has 2 heteroatoms. The van der Waals surface area contributed by atoms with Gasteiger partial charge in [0.1, 0.15) is 0 Å². The Kier molecular flexibility index (Phi) is 1.22. The second kappa shape index (κ2) is 1.89. The van der Waals surface area contributed by atoms with E-state index in [0.29, 0.717) is 0 Å². The van der Waals surface area contributed by atoms with Crippen molar-refractivity contribution < 1.29 is 0 Å². The van der Waals surface area contributed by atoms with E-state index in [1.807, 2.05) is 17.5 Å². The SMILES string of the molecule is N=Cc1cccs1. The van der Waals surface area contributed by atoms with Gasteiger partial charge < -0.3 is 5.41 Å². The molecule has 0 aliphatic rings. The second-order valence-electron chi connectivity index (χ2n) is 1.16. The minimum absolute atomic E-state index is 1.01. The fraction of sp³-hybridized carbons (Fsp3) is 0. The van der Waals surface area contributed by atoms with Crippen LogP contribution in [-0.2, 0) is 0 Å². The first kappa shape index (κ1) is 4.53. The molecule has 7 heavy (non-hydrogen) atoms. The molecule has 0 aliphatic heterocycles. The molecule has 0 fully saturated rings. The van der Waals surface area contributed by atoms with Crippen molar-refractivity contribution >= 4 is 17.6 Å². The van der Waals surface area contributed by atoms with Crippen LogP contribution in [0.15, 0.2) is 17.5 Å². The van der Waals surface area contributed by atoms with E-state index in [9.17, 15) is 0 Å². The molecule has 1 nitrogen and oxygen atoms in total. The Hall–Kier alpha value is -0.630. The summed E-state index contributed by atoms with van der Waals surface area (Å²) in [6.45, 7) is 0. The van der Waals surface area contributed by atoms with Crippen molar-refractivity contribution in [2.24, 2.45) is 0 Å². The van der Waals surface area contributed by atoms with Gasteiger partial charge in [-0.3, -0.25) is 0 Å². The molecule has 0 unspecified atom stereocenters. The summed E-state index contributed by atoms with van der Waals surface area (Å²) in [5, 5.41) is 8.70. The van der Waals surface area contributed by atoms with E-state index in [2.05, 4.69) is 0 Å². The minimum atomic E-state index is 1.01. The quantitative estimate of drug-likeness (QED) is 0.534. The Balaban J connectivity index is 2.96. The Bertz CT molecular complexity index is 143. The molecule has 1 aromatic heterocycles. The highest BCUT2D eigenvalue weighted by atomic mass is 32.1. The molecule has 36 valence electrons. The maximum Gasteiger partial charge on any atom is 0.0446 e. The van der Waals surface area contributed by atoms with Crippen molar-refractivity contribution in [3.8, 4) is 0 Å². The zero-order chi connectivity index (χ0) is 5.11. The van der Waals surface area contributed by atoms with E-state index < -0.39 is 0 Å². The van der Waals surface area contributed by atoms with Crippen LogP contribution in [-0.4, -0.2) is 6.21 Å². The number of thiophene rings is 1. The fourth-order valence-electron chi connectivity index (χ4n) is 0.373. The summed E-state index contributed by atoms with van der Waals surface area (Å²) in [5.74, 6) is 0. The third kappa shape index (κ3) is 0.871. The summed E-state index contributed by atoms with van der Waals surface area (Å²) < 4.78 is 0. The molecule has 1 N–H and O–H groups in total. The molecule has 1 rings (SSSR count). The van der Waals surface area contributed by atoms with E-state index in [1.165, 1.54) is 6.21 Å². The van der Waals surface area contributed by atoms with Crippen molar-refractivity contribution in [1.29, 1.82) is 5.41 Å². The first-order valence-electron chi connectivity index (χ1n) is 1.97. The zero-order valence-corrected chi connectivity index (χ0v) is 4.53. The van der Waals surface area contributed by atoms with Gasteiger partial charge in [0.05, 0.1) is 0 Å². The molecule has 0 saturated carbocycles. The van der Waals surface area contributed by atoms with Gasteiger partial charge >= 0.3 is 0 Å². The summed E-state index contributed by atoms with van der Waals surface area (Å²) in [7, 11) is 0. The first-order chi connectivity index (χ1) is 3.43. The smallest absolute Gasteiger partial charge is 0.0446 e. The van der Waals surface area contributed by atoms with Gasteiger partial charge in [-0.05, 0) is 11.4 Å². The summed E-state index contributed by atoms with van der Waals surface area (Å²) in [5.41, 5.74) is 0. The van der Waals surface area contributed by atoms with E-state index in [0.717, 1.165) is 4.88 Å². The molecule has 0 saturated heterocycles. The number of nitrogens with one attached hydrogen (secondary N) is 1. The van der Waals surface area contributed by atoms with Gasteiger partial charge in [0.15, 0.2) is 0 Å². The highest BCUT2D eigenvalue weighted by Gasteiger charge is 1.80. The van der Waals surface area contributed by atoms with Crippen LogP contribution in [0.3, 0.4) is 0 Å². The standard InChI is InChI=1S/C5H5NS/c6-4-5-2-1-3-7-5/h1-4,6H. The van der Waals surface area contributed by atoms with Crippen molar-refractivity contribution in [2.75, 3.05) is 0 Å². The molecule has 0 bridgehead atoms. The van der Waals surface area contributed by atoms with Crippen LogP contribution in [0.4, 0.5) is 0 Å². The molecule has 1 heterocycles. The second-order valence-corrected chi connectivity index (χ2v) is 2.14. The van der Waals surface area contributed by atoms with Crippen molar-refractivity contribution in [2.45, 2.75) is 0 Å². The van der Waals surface area contributed by atoms with E-state index in [1.54, 1.807) is 11.3 Å². The summed E-state index contributed by atoms with van der Waals surface area (Å²) >= 11 is 1.58. The maximum absolute atomic E-state index is 6.75. The highest BCUT2D eigenvalue weighted by Crippen LogP contribution is 2.02. The molecule has 0 aliphatic carbocycles. The van der Waals surface area contributed by atoms with Gasteiger partial charge in [-0.1, -0.05) is 6.07 Å². The minimum Gasteiger partial charge on any atom is -0.307 e. The van der Waals surface area contributed by atoms with Gasteiger partial charge in [-0.2, -0.15) is 0 Å². The third-order valence-corrected chi connectivity index (χ3v) is 1.50. The molecule has 0 spiro atoms. The Morgan fingerprint density at radius 2 is 2.57 bits per heavy atom. The topological polar surface area (TPSA) is 23.9 Å². The summed E-state index contributed by atoms with van der Waals surface area (Å²) in [4.78, 5) is 1.01. The van der Waals surface area contributed by atoms with Crippen LogP contribution in [0.1, 0.15) is 4.88 Å². The van der Waals surface area contributed by atoms with Crippen LogP contribution < -0.4 is 0 Å². The average Bonchev–Trinajstić information content (AvgIpc) is 2.14. The predicted molar refractivity (Wildman–Crippen MR) is 32.2 cm³/mol. The van der Waals surface area contributed by atoms with Gasteiger partial charge in [0.2, 0.25) is 0 Å². The maximum atomic E-state index is 6.75. The van der Waals surface area contributed by atoms with Crippen molar-refractivity contribution in [3.05, 3.63) is 22.4 Å². The largest absolute Gasteiger partial charge is 0.307 e. The average molecular weight is 111 g/mol. The monoisotopic (exact) mass is 111 g/mol. The van der Waals surface area contributed by atoms with E-state index in [4.69, 9.17) is 5.41 Å². The van der Waals surface area contributed by atoms with Crippen molar-refractivity contribution in [1.82, 2.24) is 0 Å². The van der Waals surface area contributed by atoms with E-state index >= 15 is 0 Å². The van der Waals surface area contributed by atoms with Crippen LogP contribution in [0.25, 0.3) is 0 Å². The van der Waals surface area contributed by atoms with Gasteiger partial charge in [-0.15, -0.1) is 11.3 Å². The lowest BCUT2D eigenvalue weighted by Crippen LogP contribution is -1.61. The predicted octanol–water partition coefficient (Wildman–Crippen LogP) is 1.75. The summed E-state index contributed by atoms with van der Waals surface area (Å²) in [6.07, 6.45) is 1.35. The molecule has 0 radical (unpaired) electrons. The first-order valence-corrected chi connectivity index (χ1v) is 2.85. The lowest BCUT2D eigenvalue weighted by atomic mass is 10.5. The normalized spacial score (nSPS) is 8.57. The zero-order valence-electron chi connectivity index (χ0n) is 3.72. The lowest BCUT2D eigenvalue weighted by molar-refractivity contribution is 1.57. The van der Waals surface area contributed by atoms with Crippen LogP contribution >= 0.6 is 11.3 Å². The lowest BCUT2D eigenvalue weighted by Gasteiger charge is -1.69. The Labute approximate surface area is 46.1 Å². The summed E-state index contributed by atoms with van der Waals surface area (Å²) in [6, 6.07) is 3.85.